The second kappa shape index (κ2) is 7.41. The number of amides is 1. The third kappa shape index (κ3) is 3.59. The smallest absolute Gasteiger partial charge is 0.332 e. The molecule has 0 spiro atoms. The molecule has 1 heterocycles. The van der Waals surface area contributed by atoms with Crippen molar-refractivity contribution in [2.45, 2.75) is 26.8 Å². The van der Waals surface area contributed by atoms with Gasteiger partial charge in [0.25, 0.3) is 5.56 Å². The van der Waals surface area contributed by atoms with Crippen LogP contribution in [0.15, 0.2) is 14.6 Å². The lowest BCUT2D eigenvalue weighted by Gasteiger charge is -2.13. The average Bonchev–Trinajstić information content (AvgIpc) is 2.48. The Morgan fingerprint density at radius 3 is 2.57 bits per heavy atom. The molecule has 0 atom stereocenters. The molecular formula is C13H21N5O3. The van der Waals surface area contributed by atoms with Crippen molar-refractivity contribution in [3.8, 4) is 0 Å². The van der Waals surface area contributed by atoms with E-state index < -0.39 is 11.2 Å². The van der Waals surface area contributed by atoms with Gasteiger partial charge in [0.2, 0.25) is 5.91 Å². The van der Waals surface area contributed by atoms with E-state index in [2.05, 4.69) is 15.6 Å². The van der Waals surface area contributed by atoms with Crippen molar-refractivity contribution in [2.24, 2.45) is 12.0 Å². The quantitative estimate of drug-likeness (QED) is 0.712. The largest absolute Gasteiger partial charge is 0.381 e. The van der Waals surface area contributed by atoms with Crippen molar-refractivity contribution in [2.75, 3.05) is 18.9 Å². The molecule has 0 saturated carbocycles. The highest BCUT2D eigenvalue weighted by molar-refractivity contribution is 5.75. The van der Waals surface area contributed by atoms with Gasteiger partial charge in [-0.3, -0.25) is 18.7 Å². The van der Waals surface area contributed by atoms with Gasteiger partial charge in [0, 0.05) is 39.8 Å². The topological polar surface area (TPSA) is 97.5 Å². The first-order chi connectivity index (χ1) is 9.97. The molecule has 0 unspecified atom stereocenters. The lowest BCUT2D eigenvalue weighted by Crippen LogP contribution is -2.42. The first kappa shape index (κ1) is 16.7. The van der Waals surface area contributed by atoms with Crippen molar-refractivity contribution in [3.63, 3.8) is 0 Å². The molecule has 0 fully saturated rings. The van der Waals surface area contributed by atoms with Crippen molar-refractivity contribution in [1.29, 1.82) is 0 Å². The molecule has 1 aromatic rings. The molecule has 116 valence electrons. The number of anilines is 1. The average molecular weight is 295 g/mol. The Kier molecular flexibility index (Phi) is 5.89. The molecule has 0 bridgehead atoms. The minimum absolute atomic E-state index is 0.113. The summed E-state index contributed by atoms with van der Waals surface area (Å²) in [5.74, 6) is 0.157. The van der Waals surface area contributed by atoms with Crippen LogP contribution in [0.1, 0.15) is 20.3 Å². The number of rotatable bonds is 6. The lowest BCUT2D eigenvalue weighted by molar-refractivity contribution is -0.120. The van der Waals surface area contributed by atoms with Crippen LogP contribution >= 0.6 is 0 Å². The third-order valence-electron chi connectivity index (χ3n) is 3.00. The number of carbonyl (C=O) groups excluding carboxylic acids is 1. The van der Waals surface area contributed by atoms with Crippen molar-refractivity contribution in [3.05, 3.63) is 20.8 Å². The van der Waals surface area contributed by atoms with E-state index in [4.69, 9.17) is 0 Å². The van der Waals surface area contributed by atoms with E-state index in [1.54, 1.807) is 27.9 Å². The van der Waals surface area contributed by atoms with Gasteiger partial charge in [0.15, 0.2) is 5.82 Å². The van der Waals surface area contributed by atoms with Gasteiger partial charge < -0.3 is 10.6 Å². The SMILES string of the molecule is C/C=N\c1c(NC)c(=O)n(CCNC(=O)CC)c(=O)n1C. The van der Waals surface area contributed by atoms with Crippen LogP contribution < -0.4 is 21.9 Å². The van der Waals surface area contributed by atoms with Gasteiger partial charge in [-0.1, -0.05) is 6.92 Å². The van der Waals surface area contributed by atoms with E-state index in [9.17, 15) is 14.4 Å². The number of hydrogen-bond acceptors (Lipinski definition) is 5. The molecule has 0 radical (unpaired) electrons. The standard InChI is InChI=1S/C13H21N5O3/c1-5-9(19)16-7-8-18-12(20)10(14-3)11(15-6-2)17(4)13(18)21/h6,14H,5,7-8H2,1-4H3,(H,16,19)/b15-6-. The van der Waals surface area contributed by atoms with Crippen LogP contribution in [0.5, 0.6) is 0 Å². The summed E-state index contributed by atoms with van der Waals surface area (Å²) in [4.78, 5) is 39.8. The van der Waals surface area contributed by atoms with Gasteiger partial charge >= 0.3 is 5.69 Å². The number of aromatic nitrogens is 2. The fraction of sp³-hybridized carbons (Fsp3) is 0.538. The Morgan fingerprint density at radius 1 is 1.38 bits per heavy atom. The van der Waals surface area contributed by atoms with Gasteiger partial charge in [-0.15, -0.1) is 0 Å². The van der Waals surface area contributed by atoms with Gasteiger partial charge in [-0.2, -0.15) is 0 Å². The van der Waals surface area contributed by atoms with E-state index in [1.165, 1.54) is 10.8 Å². The lowest BCUT2D eigenvalue weighted by atomic mass is 10.4. The van der Waals surface area contributed by atoms with Crippen LogP contribution in [-0.2, 0) is 18.4 Å². The van der Waals surface area contributed by atoms with Crippen LogP contribution in [0.2, 0.25) is 0 Å². The Labute approximate surface area is 122 Å². The summed E-state index contributed by atoms with van der Waals surface area (Å²) in [5.41, 5.74) is -0.672. The number of carbonyl (C=O) groups is 1. The predicted molar refractivity (Wildman–Crippen MR) is 82.6 cm³/mol. The molecule has 0 aliphatic carbocycles. The molecule has 1 rings (SSSR count). The molecule has 1 amide bonds. The Bertz CT molecular complexity index is 657. The normalized spacial score (nSPS) is 10.9. The summed E-state index contributed by atoms with van der Waals surface area (Å²) < 4.78 is 2.38. The highest BCUT2D eigenvalue weighted by Gasteiger charge is 2.15. The molecule has 0 aromatic carbocycles. The minimum Gasteiger partial charge on any atom is -0.381 e. The predicted octanol–water partition coefficient (Wildman–Crippen LogP) is -0.163. The van der Waals surface area contributed by atoms with E-state index in [-0.39, 0.29) is 30.5 Å². The van der Waals surface area contributed by atoms with Gasteiger partial charge in [-0.25, -0.2) is 9.79 Å². The van der Waals surface area contributed by atoms with Gasteiger partial charge in [0.05, 0.1) is 0 Å². The summed E-state index contributed by atoms with van der Waals surface area (Å²) >= 11 is 0. The van der Waals surface area contributed by atoms with E-state index >= 15 is 0 Å². The second-order valence-electron chi connectivity index (χ2n) is 4.34. The van der Waals surface area contributed by atoms with E-state index in [1.807, 2.05) is 0 Å². The number of nitrogens with zero attached hydrogens (tertiary/aromatic N) is 3. The molecule has 2 N–H and O–H groups in total. The van der Waals surface area contributed by atoms with Crippen LogP contribution in [0.3, 0.4) is 0 Å². The van der Waals surface area contributed by atoms with E-state index in [0.29, 0.717) is 6.42 Å². The second-order valence-corrected chi connectivity index (χ2v) is 4.34. The first-order valence-corrected chi connectivity index (χ1v) is 6.74. The van der Waals surface area contributed by atoms with Crippen molar-refractivity contribution in [1.82, 2.24) is 14.5 Å². The fourth-order valence-corrected chi connectivity index (χ4v) is 1.88. The molecule has 8 nitrogen and oxygen atoms in total. The molecule has 0 aliphatic rings. The van der Waals surface area contributed by atoms with Crippen LogP contribution in [0.25, 0.3) is 0 Å². The zero-order chi connectivity index (χ0) is 16.0. The molecule has 8 heteroatoms. The Hall–Kier alpha value is -2.38. The summed E-state index contributed by atoms with van der Waals surface area (Å²) in [6.45, 7) is 3.77. The molecule has 1 aromatic heterocycles. The molecule has 0 aliphatic heterocycles. The molecular weight excluding hydrogens is 274 g/mol. The van der Waals surface area contributed by atoms with Gasteiger partial charge in [0.1, 0.15) is 5.69 Å². The zero-order valence-electron chi connectivity index (χ0n) is 12.8. The summed E-state index contributed by atoms with van der Waals surface area (Å²) in [7, 11) is 3.14. The van der Waals surface area contributed by atoms with Gasteiger partial charge in [-0.05, 0) is 6.92 Å². The van der Waals surface area contributed by atoms with Crippen LogP contribution in [0.4, 0.5) is 11.5 Å². The number of aliphatic imine (C=N–C) groups is 1. The zero-order valence-corrected chi connectivity index (χ0v) is 12.8. The Balaban J connectivity index is 3.23. The maximum Gasteiger partial charge on any atom is 0.332 e. The highest BCUT2D eigenvalue weighted by Crippen LogP contribution is 2.16. The third-order valence-corrected chi connectivity index (χ3v) is 3.00. The summed E-state index contributed by atoms with van der Waals surface area (Å²) in [6.07, 6.45) is 1.87. The van der Waals surface area contributed by atoms with Crippen LogP contribution in [0, 0.1) is 0 Å². The fourth-order valence-electron chi connectivity index (χ4n) is 1.88. The van der Waals surface area contributed by atoms with E-state index in [0.717, 1.165) is 4.57 Å². The maximum atomic E-state index is 12.3. The maximum absolute atomic E-state index is 12.3. The summed E-state index contributed by atoms with van der Waals surface area (Å²) in [6, 6.07) is 0. The minimum atomic E-state index is -0.467. The Morgan fingerprint density at radius 2 is 2.05 bits per heavy atom. The van der Waals surface area contributed by atoms with Crippen molar-refractivity contribution >= 4 is 23.6 Å². The first-order valence-electron chi connectivity index (χ1n) is 6.74. The molecule has 0 saturated heterocycles. The number of nitrogens with one attached hydrogen (secondary N) is 2. The number of hydrogen-bond donors (Lipinski definition) is 2. The monoisotopic (exact) mass is 295 g/mol. The molecule has 21 heavy (non-hydrogen) atoms. The van der Waals surface area contributed by atoms with Crippen LogP contribution in [-0.4, -0.2) is 34.8 Å². The highest BCUT2D eigenvalue weighted by atomic mass is 16.2. The van der Waals surface area contributed by atoms with Crippen molar-refractivity contribution < 1.29 is 4.79 Å². The summed E-state index contributed by atoms with van der Waals surface area (Å²) in [5, 5.41) is 5.41.